The highest BCUT2D eigenvalue weighted by atomic mass is 32.2. The zero-order valence-corrected chi connectivity index (χ0v) is 17.7. The predicted molar refractivity (Wildman–Crippen MR) is 106 cm³/mol. The van der Waals surface area contributed by atoms with Crippen LogP contribution in [-0.2, 0) is 22.3 Å². The summed E-state index contributed by atoms with van der Waals surface area (Å²) in [6.07, 6.45) is -0.960. The first-order valence-electron chi connectivity index (χ1n) is 9.69. The lowest BCUT2D eigenvalue weighted by molar-refractivity contribution is -0.161. The highest BCUT2D eigenvalue weighted by Crippen LogP contribution is 2.36. The average Bonchev–Trinajstić information content (AvgIpc) is 3.53. The van der Waals surface area contributed by atoms with Crippen LogP contribution in [0.3, 0.4) is 0 Å². The maximum absolute atomic E-state index is 13.9. The fraction of sp³-hybridized carbons (Fsp3) is 0.400. The second-order valence-electron chi connectivity index (χ2n) is 7.55. The molecule has 1 fully saturated rings. The first-order chi connectivity index (χ1) is 15.5. The Kier molecular flexibility index (Phi) is 7.41. The number of nitriles is 1. The van der Waals surface area contributed by atoms with Gasteiger partial charge < -0.3 is 9.87 Å². The van der Waals surface area contributed by atoms with Crippen molar-refractivity contribution < 1.29 is 31.1 Å². The van der Waals surface area contributed by atoms with Crippen molar-refractivity contribution in [3.8, 4) is 6.07 Å². The molecule has 1 amide bonds. The molecule has 0 aliphatic heterocycles. The van der Waals surface area contributed by atoms with Crippen LogP contribution in [0.25, 0.3) is 0 Å². The summed E-state index contributed by atoms with van der Waals surface area (Å²) in [5, 5.41) is 12.0. The third-order valence-electron chi connectivity index (χ3n) is 5.13. The number of aromatic nitrogens is 2. The lowest BCUT2D eigenvalue weighted by atomic mass is 10.0. The minimum atomic E-state index is -4.95. The summed E-state index contributed by atoms with van der Waals surface area (Å²) in [5.41, 5.74) is -1.53. The molecular formula is C20H18F4N5O3S-. The molecule has 8 nitrogen and oxygen atoms in total. The summed E-state index contributed by atoms with van der Waals surface area (Å²) in [6, 6.07) is 0.901. The van der Waals surface area contributed by atoms with E-state index in [9.17, 15) is 36.4 Å². The van der Waals surface area contributed by atoms with Gasteiger partial charge in [-0.1, -0.05) is 12.1 Å². The molecule has 2 N–H and O–H groups in total. The van der Waals surface area contributed by atoms with E-state index in [4.69, 9.17) is 0 Å². The third kappa shape index (κ3) is 6.31. The maximum atomic E-state index is 13.9. The van der Waals surface area contributed by atoms with Crippen LogP contribution < -0.4 is 10.6 Å². The molecule has 0 bridgehead atoms. The van der Waals surface area contributed by atoms with E-state index in [1.54, 1.807) is 0 Å². The van der Waals surface area contributed by atoms with Crippen molar-refractivity contribution in [3.63, 3.8) is 0 Å². The Bertz CT molecular complexity index is 1040. The summed E-state index contributed by atoms with van der Waals surface area (Å²) in [6.45, 7) is 0. The van der Waals surface area contributed by atoms with E-state index < -0.39 is 63.8 Å². The van der Waals surface area contributed by atoms with E-state index in [0.717, 1.165) is 24.3 Å². The first-order valence-corrected chi connectivity index (χ1v) is 10.8. The van der Waals surface area contributed by atoms with Gasteiger partial charge >= 0.3 is 6.18 Å². The van der Waals surface area contributed by atoms with Crippen molar-refractivity contribution in [2.75, 3.05) is 0 Å². The molecule has 13 heteroatoms. The fourth-order valence-corrected chi connectivity index (χ4v) is 3.94. The van der Waals surface area contributed by atoms with Crippen LogP contribution in [0.15, 0.2) is 42.9 Å². The van der Waals surface area contributed by atoms with E-state index in [0.29, 0.717) is 0 Å². The maximum Gasteiger partial charge on any atom is 0.407 e. The lowest BCUT2D eigenvalue weighted by Crippen LogP contribution is -2.58. The van der Waals surface area contributed by atoms with Gasteiger partial charge in [-0.25, -0.2) is 4.39 Å². The molecule has 3 rings (SSSR count). The topological polar surface area (TPSA) is 131 Å². The number of nitrogens with zero attached hydrogens (tertiary/aromatic N) is 3. The molecule has 0 radical (unpaired) electrons. The van der Waals surface area contributed by atoms with Crippen molar-refractivity contribution in [1.82, 2.24) is 20.6 Å². The number of alkyl halides is 3. The molecule has 3 unspecified atom stereocenters. The Balaban J connectivity index is 1.98. The van der Waals surface area contributed by atoms with Crippen molar-refractivity contribution in [1.29, 1.82) is 5.26 Å². The van der Waals surface area contributed by atoms with Gasteiger partial charge in [0.2, 0.25) is 5.91 Å². The normalized spacial score (nSPS) is 18.4. The molecule has 1 aliphatic rings. The fourth-order valence-electron chi connectivity index (χ4n) is 3.21. The van der Waals surface area contributed by atoms with E-state index in [-0.39, 0.29) is 18.5 Å². The molecule has 0 spiro atoms. The van der Waals surface area contributed by atoms with Gasteiger partial charge in [0.15, 0.2) is 0 Å². The van der Waals surface area contributed by atoms with Crippen molar-refractivity contribution in [2.24, 2.45) is 0 Å². The number of rotatable bonds is 9. The highest BCUT2D eigenvalue weighted by molar-refractivity contribution is 7.79. The summed E-state index contributed by atoms with van der Waals surface area (Å²) in [4.78, 5) is 20.7. The molecule has 2 aromatic rings. The SMILES string of the molecule is N#CC1(NC(=O)C(N[C@H](c2ccc(F)cc2)C(F)(F)F)C(Cc2cnccn2)S(=O)[O-])CC1. The van der Waals surface area contributed by atoms with Gasteiger partial charge in [-0.05, 0) is 41.6 Å². The minimum absolute atomic E-state index is 0.137. The number of halogens is 4. The number of benzene rings is 1. The van der Waals surface area contributed by atoms with Crippen LogP contribution in [0.1, 0.15) is 30.1 Å². The molecule has 0 saturated heterocycles. The van der Waals surface area contributed by atoms with Crippen LogP contribution in [0.2, 0.25) is 0 Å². The molecule has 1 heterocycles. The highest BCUT2D eigenvalue weighted by Gasteiger charge is 2.49. The van der Waals surface area contributed by atoms with E-state index in [2.05, 4.69) is 20.6 Å². The first kappa shape index (κ1) is 24.7. The van der Waals surface area contributed by atoms with Gasteiger partial charge in [0, 0.05) is 25.0 Å². The van der Waals surface area contributed by atoms with Crippen LogP contribution in [0.5, 0.6) is 0 Å². The second-order valence-corrected chi connectivity index (χ2v) is 8.68. The van der Waals surface area contributed by atoms with Crippen molar-refractivity contribution in [3.05, 3.63) is 59.9 Å². The largest absolute Gasteiger partial charge is 0.772 e. The Morgan fingerprint density at radius 3 is 2.42 bits per heavy atom. The molecule has 176 valence electrons. The zero-order chi connectivity index (χ0) is 24.2. The van der Waals surface area contributed by atoms with Gasteiger partial charge in [-0.15, -0.1) is 0 Å². The summed E-state index contributed by atoms with van der Waals surface area (Å²) in [5.74, 6) is -1.84. The summed E-state index contributed by atoms with van der Waals surface area (Å²) in [7, 11) is 0. The predicted octanol–water partition coefficient (Wildman–Crippen LogP) is 1.84. The molecule has 1 saturated carbocycles. The number of hydrogen-bond acceptors (Lipinski definition) is 7. The number of amides is 1. The molecule has 4 atom stereocenters. The quantitative estimate of drug-likeness (QED) is 0.410. The number of carbonyl (C=O) groups excluding carboxylic acids is 1. The lowest BCUT2D eigenvalue weighted by Gasteiger charge is -2.33. The molecule has 1 aromatic carbocycles. The van der Waals surface area contributed by atoms with E-state index >= 15 is 0 Å². The monoisotopic (exact) mass is 484 g/mol. The van der Waals surface area contributed by atoms with Gasteiger partial charge in [-0.3, -0.25) is 24.3 Å². The Morgan fingerprint density at radius 1 is 1.27 bits per heavy atom. The Morgan fingerprint density at radius 2 is 1.94 bits per heavy atom. The summed E-state index contributed by atoms with van der Waals surface area (Å²) < 4.78 is 79.1. The molecule has 33 heavy (non-hydrogen) atoms. The zero-order valence-electron chi connectivity index (χ0n) is 16.9. The van der Waals surface area contributed by atoms with Gasteiger partial charge in [0.05, 0.1) is 17.0 Å². The smallest absolute Gasteiger partial charge is 0.407 e. The Hall–Kier alpha value is -2.95. The van der Waals surface area contributed by atoms with Crippen LogP contribution in [-0.4, -0.2) is 47.6 Å². The van der Waals surface area contributed by atoms with E-state index in [1.165, 1.54) is 18.6 Å². The van der Waals surface area contributed by atoms with Gasteiger partial charge in [-0.2, -0.15) is 18.4 Å². The molecule has 1 aromatic heterocycles. The van der Waals surface area contributed by atoms with Crippen LogP contribution in [0, 0.1) is 17.1 Å². The average molecular weight is 484 g/mol. The molecule has 1 aliphatic carbocycles. The van der Waals surface area contributed by atoms with E-state index in [1.807, 2.05) is 6.07 Å². The third-order valence-corrected chi connectivity index (χ3v) is 6.07. The standard InChI is InChI=1S/C20H19F4N5O3S/c21-13-3-1-12(2-4-13)17(20(22,23)24)28-16(18(30)29-19(11-25)5-6-19)15(33(31)32)9-14-10-26-7-8-27-14/h1-4,7-8,10,15-17,28H,5-6,9H2,(H,29,30)(H,31,32)/p-1/t15?,16?,17-/m1/s1. The second kappa shape index (κ2) is 9.90. The summed E-state index contributed by atoms with van der Waals surface area (Å²) >= 11 is -3.02. The van der Waals surface area contributed by atoms with Crippen molar-refractivity contribution >= 4 is 17.0 Å². The Labute approximate surface area is 188 Å². The van der Waals surface area contributed by atoms with Crippen LogP contribution in [0.4, 0.5) is 17.6 Å². The van der Waals surface area contributed by atoms with Gasteiger partial charge in [0.1, 0.15) is 23.4 Å². The number of hydrogen-bond donors (Lipinski definition) is 2. The number of nitrogens with one attached hydrogen (secondary N) is 2. The van der Waals surface area contributed by atoms with Crippen LogP contribution >= 0.6 is 0 Å². The molecular weight excluding hydrogens is 466 g/mol. The van der Waals surface area contributed by atoms with Gasteiger partial charge in [0.25, 0.3) is 0 Å². The van der Waals surface area contributed by atoms with Crippen molar-refractivity contribution in [2.45, 2.75) is 48.3 Å². The minimum Gasteiger partial charge on any atom is -0.772 e. The number of carbonyl (C=O) groups is 1.